The number of fused-ring (bicyclic) bond motifs is 1. The Morgan fingerprint density at radius 1 is 1.18 bits per heavy atom. The van der Waals surface area contributed by atoms with E-state index < -0.39 is 0 Å². The summed E-state index contributed by atoms with van der Waals surface area (Å²) in [5.74, 6) is 0.911. The fourth-order valence-corrected chi connectivity index (χ4v) is 4.54. The zero-order valence-corrected chi connectivity index (χ0v) is 23.6. The molecule has 192 valence electrons. The summed E-state index contributed by atoms with van der Waals surface area (Å²) in [6.07, 6.45) is 5.91. The van der Waals surface area contributed by atoms with Crippen molar-refractivity contribution in [2.75, 3.05) is 20.2 Å². The predicted molar refractivity (Wildman–Crippen MR) is 152 cm³/mol. The van der Waals surface area contributed by atoms with Gasteiger partial charge in [-0.25, -0.2) is 0 Å². The quantitative estimate of drug-likeness (QED) is 0.383. The molecule has 0 atom stereocenters. The van der Waals surface area contributed by atoms with Crippen LogP contribution in [0.5, 0.6) is 5.75 Å². The Morgan fingerprint density at radius 2 is 1.85 bits per heavy atom. The van der Waals surface area contributed by atoms with Gasteiger partial charge in [0.15, 0.2) is 5.11 Å². The van der Waals surface area contributed by atoms with Crippen LogP contribution >= 0.6 is 12.2 Å². The van der Waals surface area contributed by atoms with Crippen molar-refractivity contribution in [1.29, 1.82) is 0 Å². The maximum absolute atomic E-state index is 13.0. The monoisotopic (exact) mass is 489 g/mol. The zero-order chi connectivity index (χ0) is 25.8. The van der Waals surface area contributed by atoms with E-state index in [-0.39, 0.29) is 6.99 Å². The molecule has 6 heteroatoms. The van der Waals surface area contributed by atoms with Gasteiger partial charge in [0.05, 0.1) is 13.7 Å². The molecule has 0 aliphatic carbocycles. The van der Waals surface area contributed by atoms with Crippen molar-refractivity contribution < 1.29 is 6.16 Å². The lowest BCUT2D eigenvalue weighted by atomic mass is 9.90. The fraction of sp³-hybridized carbons (Fsp3) is 0.571. The van der Waals surface area contributed by atoms with Crippen LogP contribution < -0.4 is 15.6 Å². The van der Waals surface area contributed by atoms with Gasteiger partial charge in [-0.2, -0.15) is 0 Å². The molecular formula is C28H47N3O2S. The molecule has 0 bridgehead atoms. The first-order valence-corrected chi connectivity index (χ1v) is 13.2. The van der Waals surface area contributed by atoms with E-state index in [9.17, 15) is 4.79 Å². The minimum atomic E-state index is 0. The number of pyridine rings is 1. The molecule has 0 radical (unpaired) electrons. The van der Waals surface area contributed by atoms with Crippen LogP contribution in [0.2, 0.25) is 0 Å². The number of thiocarbonyl (C=S) groups is 1. The van der Waals surface area contributed by atoms with E-state index in [0.717, 1.165) is 71.9 Å². The third-order valence-electron chi connectivity index (χ3n) is 5.98. The molecule has 0 saturated carbocycles. The second-order valence-electron chi connectivity index (χ2n) is 8.00. The highest BCUT2D eigenvalue weighted by Crippen LogP contribution is 2.34. The van der Waals surface area contributed by atoms with Gasteiger partial charge in [-0.15, -0.1) is 0 Å². The lowest BCUT2D eigenvalue weighted by Gasteiger charge is -2.32. The molecule has 2 aromatic rings. The summed E-state index contributed by atoms with van der Waals surface area (Å²) in [5, 5.41) is 4.07. The number of aromatic nitrogens is 1. The molecule has 0 amide bonds. The van der Waals surface area contributed by atoms with Gasteiger partial charge in [-0.05, 0) is 66.7 Å². The Hall–Kier alpha value is -2.34. The SMILES string of the molecule is CC.CC.CCCCNC(=S)N1CCc2c(-c3cc(C)c(CC)c(OC)c3)cn(C)c(=O)c2C1.[HH]. The fourth-order valence-electron chi connectivity index (χ4n) is 4.28. The van der Waals surface area contributed by atoms with Crippen molar-refractivity contribution in [2.24, 2.45) is 7.05 Å². The van der Waals surface area contributed by atoms with E-state index in [1.54, 1.807) is 11.7 Å². The van der Waals surface area contributed by atoms with Gasteiger partial charge in [-0.3, -0.25) is 4.79 Å². The number of hydrogen-bond acceptors (Lipinski definition) is 3. The number of benzene rings is 1. The highest BCUT2D eigenvalue weighted by Gasteiger charge is 2.25. The van der Waals surface area contributed by atoms with Crippen LogP contribution in [0.1, 0.15) is 78.1 Å². The Morgan fingerprint density at radius 3 is 2.44 bits per heavy atom. The summed E-state index contributed by atoms with van der Waals surface area (Å²) < 4.78 is 7.37. The van der Waals surface area contributed by atoms with Crippen LogP contribution in [0.3, 0.4) is 0 Å². The number of rotatable bonds is 6. The van der Waals surface area contributed by atoms with Crippen molar-refractivity contribution in [2.45, 2.75) is 80.7 Å². The first-order valence-electron chi connectivity index (χ1n) is 12.8. The highest BCUT2D eigenvalue weighted by atomic mass is 32.1. The number of aryl methyl sites for hydroxylation is 2. The molecule has 0 saturated heterocycles. The van der Waals surface area contributed by atoms with E-state index in [1.165, 1.54) is 11.1 Å². The van der Waals surface area contributed by atoms with Crippen LogP contribution in [0.25, 0.3) is 11.1 Å². The number of methoxy groups -OCH3 is 1. The number of unbranched alkanes of at least 4 members (excludes halogenated alkanes) is 1. The lowest BCUT2D eigenvalue weighted by molar-refractivity contribution is 0.383. The first-order chi connectivity index (χ1) is 16.4. The molecule has 34 heavy (non-hydrogen) atoms. The smallest absolute Gasteiger partial charge is 0.255 e. The number of hydrogen-bond donors (Lipinski definition) is 1. The van der Waals surface area contributed by atoms with Crippen molar-refractivity contribution in [3.05, 3.63) is 50.9 Å². The maximum atomic E-state index is 13.0. The molecule has 1 aromatic carbocycles. The Labute approximate surface area is 214 Å². The van der Waals surface area contributed by atoms with Gasteiger partial charge >= 0.3 is 0 Å². The lowest BCUT2D eigenvalue weighted by Crippen LogP contribution is -2.45. The van der Waals surface area contributed by atoms with Crippen molar-refractivity contribution in [3.8, 4) is 16.9 Å². The van der Waals surface area contributed by atoms with Crippen LogP contribution in [0, 0.1) is 6.92 Å². The van der Waals surface area contributed by atoms with Gasteiger partial charge in [0, 0.05) is 38.9 Å². The summed E-state index contributed by atoms with van der Waals surface area (Å²) in [6, 6.07) is 4.32. The molecule has 1 aromatic heterocycles. The van der Waals surface area contributed by atoms with Crippen molar-refractivity contribution in [3.63, 3.8) is 0 Å². The number of ether oxygens (including phenoxy) is 1. The van der Waals surface area contributed by atoms with E-state index in [2.05, 4.69) is 43.1 Å². The summed E-state index contributed by atoms with van der Waals surface area (Å²) in [5.41, 5.74) is 6.70. The summed E-state index contributed by atoms with van der Waals surface area (Å²) in [7, 11) is 3.55. The van der Waals surface area contributed by atoms with E-state index in [1.807, 2.05) is 40.9 Å². The topological polar surface area (TPSA) is 46.5 Å². The largest absolute Gasteiger partial charge is 0.496 e. The molecule has 0 fully saturated rings. The Kier molecular flexibility index (Phi) is 12.9. The van der Waals surface area contributed by atoms with Crippen molar-refractivity contribution >= 4 is 17.3 Å². The normalized spacial score (nSPS) is 12.0. The molecule has 0 unspecified atom stereocenters. The number of nitrogens with zero attached hydrogens (tertiary/aromatic N) is 2. The summed E-state index contributed by atoms with van der Waals surface area (Å²) in [6.45, 7) is 16.7. The third kappa shape index (κ3) is 6.84. The van der Waals surface area contributed by atoms with Crippen LogP contribution in [0.15, 0.2) is 23.1 Å². The van der Waals surface area contributed by atoms with Crippen molar-refractivity contribution in [1.82, 2.24) is 14.8 Å². The predicted octanol–water partition coefficient (Wildman–Crippen LogP) is 6.26. The Bertz CT molecular complexity index is 1000. The Balaban J connectivity index is 0.00000220. The standard InChI is InChI=1S/C24H33N3O2S.2C2H6.H2/c1-6-8-10-25-24(30)27-11-9-19-20(14-26(4)23(28)21(19)15-27)17-12-16(3)18(7-2)22(13-17)29-5;2*1-2;/h12-14H,6-11,15H2,1-5H3,(H,25,30);2*1-2H3;1H. The average Bonchev–Trinajstić information content (AvgIpc) is 2.87. The van der Waals surface area contributed by atoms with Gasteiger partial charge in [-0.1, -0.05) is 54.0 Å². The van der Waals surface area contributed by atoms with Crippen LogP contribution in [-0.4, -0.2) is 34.8 Å². The molecule has 5 nitrogen and oxygen atoms in total. The van der Waals surface area contributed by atoms with E-state index in [0.29, 0.717) is 6.54 Å². The molecule has 1 N–H and O–H groups in total. The van der Waals surface area contributed by atoms with Gasteiger partial charge in [0.25, 0.3) is 5.56 Å². The van der Waals surface area contributed by atoms with Gasteiger partial charge in [0.1, 0.15) is 5.75 Å². The van der Waals surface area contributed by atoms with Gasteiger partial charge in [0.2, 0.25) is 0 Å². The minimum absolute atomic E-state index is 0. The number of nitrogens with one attached hydrogen (secondary N) is 1. The van der Waals surface area contributed by atoms with E-state index >= 15 is 0 Å². The minimum Gasteiger partial charge on any atom is -0.496 e. The second-order valence-corrected chi connectivity index (χ2v) is 8.39. The van der Waals surface area contributed by atoms with E-state index in [4.69, 9.17) is 17.0 Å². The molecule has 2 heterocycles. The molecule has 0 spiro atoms. The summed E-state index contributed by atoms with van der Waals surface area (Å²) >= 11 is 5.59. The maximum Gasteiger partial charge on any atom is 0.255 e. The molecule has 1 aliphatic rings. The molecule has 1 aliphatic heterocycles. The van der Waals surface area contributed by atoms with Crippen LogP contribution in [0.4, 0.5) is 0 Å². The average molecular weight is 490 g/mol. The van der Waals surface area contributed by atoms with Crippen LogP contribution in [-0.2, 0) is 26.4 Å². The molecule has 3 rings (SSSR count). The zero-order valence-electron chi connectivity index (χ0n) is 22.8. The second kappa shape index (κ2) is 14.8. The van der Waals surface area contributed by atoms with Gasteiger partial charge < -0.3 is 19.5 Å². The first kappa shape index (κ1) is 29.7. The summed E-state index contributed by atoms with van der Waals surface area (Å²) in [4.78, 5) is 15.1. The highest BCUT2D eigenvalue weighted by molar-refractivity contribution is 7.80. The molecular weight excluding hydrogens is 442 g/mol. The third-order valence-corrected chi connectivity index (χ3v) is 6.38.